The van der Waals surface area contributed by atoms with E-state index in [1.165, 1.54) is 5.01 Å². The molecule has 0 aromatic heterocycles. The average Bonchev–Trinajstić information content (AvgIpc) is 2.82. The Morgan fingerprint density at radius 3 is 2.89 bits per heavy atom. The smallest absolute Gasteiger partial charge is 0.432 e. The van der Waals surface area contributed by atoms with E-state index in [9.17, 15) is 9.59 Å². The van der Waals surface area contributed by atoms with Crippen molar-refractivity contribution in [2.75, 3.05) is 0 Å². The summed E-state index contributed by atoms with van der Waals surface area (Å²) < 4.78 is 10.8. The van der Waals surface area contributed by atoms with E-state index in [2.05, 4.69) is 10.3 Å². The summed E-state index contributed by atoms with van der Waals surface area (Å²) >= 11 is 0. The highest BCUT2D eigenvalue weighted by atomic mass is 16.6. The van der Waals surface area contributed by atoms with Gasteiger partial charge in [0.2, 0.25) is 0 Å². The van der Waals surface area contributed by atoms with E-state index in [0.29, 0.717) is 6.42 Å². The van der Waals surface area contributed by atoms with Gasteiger partial charge >= 0.3 is 6.09 Å². The molecule has 0 aliphatic carbocycles. The predicted octanol–water partition coefficient (Wildman–Crippen LogP) is 1.08. The topological polar surface area (TPSA) is 80.6 Å². The van der Waals surface area contributed by atoms with Crippen LogP contribution in [0.4, 0.5) is 4.79 Å². The number of carbonyl (C=O) groups excluding carboxylic acids is 2. The monoisotopic (exact) mass is 253 g/mol. The maximum absolute atomic E-state index is 12.0. The lowest BCUT2D eigenvalue weighted by Crippen LogP contribution is -2.49. The molecule has 3 heterocycles. The minimum absolute atomic E-state index is 0.0474. The van der Waals surface area contributed by atoms with Crippen LogP contribution in [0.3, 0.4) is 0 Å². The van der Waals surface area contributed by atoms with Gasteiger partial charge in [0, 0.05) is 6.42 Å². The van der Waals surface area contributed by atoms with Crippen LogP contribution in [0, 0.1) is 0 Å². The van der Waals surface area contributed by atoms with Crippen molar-refractivity contribution in [3.63, 3.8) is 0 Å². The molecule has 3 rings (SSSR count). The Balaban J connectivity index is 1.76. The van der Waals surface area contributed by atoms with E-state index in [1.807, 2.05) is 0 Å². The third kappa shape index (κ3) is 1.61. The minimum Gasteiger partial charge on any atom is -0.442 e. The van der Waals surface area contributed by atoms with Crippen LogP contribution < -0.4 is 0 Å². The van der Waals surface area contributed by atoms with Gasteiger partial charge in [0.05, 0.1) is 6.10 Å². The Labute approximate surface area is 104 Å². The van der Waals surface area contributed by atoms with Crippen molar-refractivity contribution in [1.82, 2.24) is 5.01 Å². The molecule has 4 atom stereocenters. The van der Waals surface area contributed by atoms with Crippen molar-refractivity contribution in [3.8, 4) is 0 Å². The quantitative estimate of drug-likeness (QED) is 0.647. The van der Waals surface area contributed by atoms with E-state index in [0.717, 1.165) is 0 Å². The lowest BCUT2D eigenvalue weighted by molar-refractivity contribution is -0.122. The van der Waals surface area contributed by atoms with Crippen LogP contribution in [-0.4, -0.2) is 46.8 Å². The summed E-state index contributed by atoms with van der Waals surface area (Å²) in [5, 5.41) is 9.01. The van der Waals surface area contributed by atoms with Gasteiger partial charge in [0.25, 0.3) is 0 Å². The van der Waals surface area contributed by atoms with E-state index >= 15 is 0 Å². The van der Waals surface area contributed by atoms with Gasteiger partial charge in [0.1, 0.15) is 23.8 Å². The number of nitrogens with zero attached hydrogens (tertiary/aromatic N) is 3. The van der Waals surface area contributed by atoms with Gasteiger partial charge in [-0.15, -0.1) is 0 Å². The van der Waals surface area contributed by atoms with Gasteiger partial charge in [-0.2, -0.15) is 10.1 Å². The second kappa shape index (κ2) is 3.50. The molecule has 3 aliphatic rings. The van der Waals surface area contributed by atoms with Crippen LogP contribution >= 0.6 is 0 Å². The summed E-state index contributed by atoms with van der Waals surface area (Å²) in [5.74, 6) is 0.0474. The van der Waals surface area contributed by atoms with Crippen LogP contribution in [0.1, 0.15) is 27.2 Å². The Kier molecular flexibility index (Phi) is 2.25. The van der Waals surface area contributed by atoms with Crippen molar-refractivity contribution < 1.29 is 19.1 Å². The van der Waals surface area contributed by atoms with Crippen molar-refractivity contribution in [2.45, 2.75) is 57.1 Å². The van der Waals surface area contributed by atoms with E-state index in [-0.39, 0.29) is 24.0 Å². The Hall–Kier alpha value is -1.50. The number of ether oxygens (including phenoxy) is 2. The molecule has 0 N–H and O–H groups in total. The first-order valence-corrected chi connectivity index (χ1v) is 5.98. The molecule has 0 aromatic rings. The second-order valence-electron chi connectivity index (χ2n) is 5.78. The number of rotatable bonds is 0. The van der Waals surface area contributed by atoms with E-state index in [1.54, 1.807) is 20.8 Å². The molecule has 2 bridgehead atoms. The van der Waals surface area contributed by atoms with Crippen molar-refractivity contribution >= 4 is 11.9 Å². The normalized spacial score (nSPS) is 37.3. The molecule has 0 aromatic carbocycles. The molecule has 0 radical (unpaired) electrons. The molecule has 3 aliphatic heterocycles. The highest BCUT2D eigenvalue weighted by molar-refractivity contribution is 5.88. The molecule has 18 heavy (non-hydrogen) atoms. The number of hydrogen-bond acceptors (Lipinski definition) is 6. The van der Waals surface area contributed by atoms with Crippen molar-refractivity contribution in [2.24, 2.45) is 10.3 Å². The lowest BCUT2D eigenvalue weighted by atomic mass is 9.90. The standard InChI is InChI=1S/C11H15N3O4/c1-11(2,3)18-10(16)14-8-6-4-5(15)9(17-6)7(8)12-13-14/h6-9H,4H2,1-3H3/t6-,7+,8-,9-/m0/s1. The molecule has 2 saturated heterocycles. The fourth-order valence-corrected chi connectivity index (χ4v) is 2.57. The van der Waals surface area contributed by atoms with Crippen LogP contribution in [0.25, 0.3) is 0 Å². The van der Waals surface area contributed by atoms with Crippen molar-refractivity contribution in [1.29, 1.82) is 0 Å². The molecular weight excluding hydrogens is 238 g/mol. The molecule has 0 unspecified atom stereocenters. The van der Waals surface area contributed by atoms with Gasteiger partial charge < -0.3 is 9.47 Å². The zero-order valence-electron chi connectivity index (χ0n) is 10.5. The Bertz CT molecular complexity index is 442. The number of Topliss-reactive ketones (excluding diaryl/α,β-unsaturated/α-hetero) is 1. The van der Waals surface area contributed by atoms with Gasteiger partial charge in [-0.25, -0.2) is 4.79 Å². The largest absolute Gasteiger partial charge is 0.442 e. The minimum atomic E-state index is -0.584. The molecule has 0 saturated carbocycles. The first kappa shape index (κ1) is 11.6. The van der Waals surface area contributed by atoms with Crippen LogP contribution in [0.2, 0.25) is 0 Å². The highest BCUT2D eigenvalue weighted by Crippen LogP contribution is 2.41. The summed E-state index contributed by atoms with van der Waals surface area (Å²) in [6.07, 6.45) is -1.04. The second-order valence-corrected chi connectivity index (χ2v) is 5.78. The zero-order valence-corrected chi connectivity index (χ0v) is 10.5. The lowest BCUT2D eigenvalue weighted by Gasteiger charge is -2.27. The fourth-order valence-electron chi connectivity index (χ4n) is 2.57. The maximum atomic E-state index is 12.0. The molecular formula is C11H15N3O4. The molecule has 98 valence electrons. The first-order valence-electron chi connectivity index (χ1n) is 5.98. The fraction of sp³-hybridized carbons (Fsp3) is 0.818. The third-order valence-electron chi connectivity index (χ3n) is 3.23. The summed E-state index contributed by atoms with van der Waals surface area (Å²) in [4.78, 5) is 23.5. The predicted molar refractivity (Wildman–Crippen MR) is 58.8 cm³/mol. The van der Waals surface area contributed by atoms with E-state index < -0.39 is 17.8 Å². The van der Waals surface area contributed by atoms with Gasteiger partial charge in [-0.1, -0.05) is 5.22 Å². The summed E-state index contributed by atoms with van der Waals surface area (Å²) in [7, 11) is 0. The zero-order chi connectivity index (χ0) is 13.1. The number of hydrogen-bond donors (Lipinski definition) is 0. The average molecular weight is 253 g/mol. The summed E-state index contributed by atoms with van der Waals surface area (Å²) in [6, 6.07) is -0.647. The third-order valence-corrected chi connectivity index (χ3v) is 3.23. The molecule has 7 heteroatoms. The Morgan fingerprint density at radius 1 is 1.50 bits per heavy atom. The maximum Gasteiger partial charge on any atom is 0.432 e. The van der Waals surface area contributed by atoms with Gasteiger partial charge in [-0.3, -0.25) is 4.79 Å². The number of carbonyl (C=O) groups is 2. The molecule has 0 spiro atoms. The summed E-state index contributed by atoms with van der Waals surface area (Å²) in [5.41, 5.74) is -0.584. The Morgan fingerprint density at radius 2 is 2.22 bits per heavy atom. The first-order chi connectivity index (χ1) is 8.37. The van der Waals surface area contributed by atoms with Gasteiger partial charge in [0.15, 0.2) is 5.78 Å². The molecule has 7 nitrogen and oxygen atoms in total. The van der Waals surface area contributed by atoms with Crippen molar-refractivity contribution in [3.05, 3.63) is 0 Å². The van der Waals surface area contributed by atoms with Crippen LogP contribution in [0.5, 0.6) is 0 Å². The van der Waals surface area contributed by atoms with E-state index in [4.69, 9.17) is 9.47 Å². The number of amides is 1. The number of fused-ring (bicyclic) bond motifs is 5. The number of ketones is 1. The SMILES string of the molecule is CC(C)(C)OC(=O)N1N=N[C@@H]2[C@@H]1[C@@H]1CC(=O)[C@@H]2O1. The molecule has 2 fully saturated rings. The van der Waals surface area contributed by atoms with Gasteiger partial charge in [-0.05, 0) is 20.8 Å². The van der Waals surface area contributed by atoms with Crippen LogP contribution in [-0.2, 0) is 14.3 Å². The molecule has 1 amide bonds. The highest BCUT2D eigenvalue weighted by Gasteiger charge is 2.60. The van der Waals surface area contributed by atoms with Crippen LogP contribution in [0.15, 0.2) is 10.3 Å². The summed E-state index contributed by atoms with van der Waals surface area (Å²) in [6.45, 7) is 5.36.